The summed E-state index contributed by atoms with van der Waals surface area (Å²) in [6.45, 7) is 8.68. The van der Waals surface area contributed by atoms with Crippen LogP contribution in [-0.4, -0.2) is 54.1 Å². The molecule has 5 rings (SSSR count). The molecule has 9 nitrogen and oxygen atoms in total. The second kappa shape index (κ2) is 13.2. The van der Waals surface area contributed by atoms with Crippen molar-refractivity contribution in [3.05, 3.63) is 89.8 Å². The summed E-state index contributed by atoms with van der Waals surface area (Å²) in [7, 11) is 1.62. The maximum atomic E-state index is 12.8. The number of rotatable bonds is 9. The lowest BCUT2D eigenvalue weighted by molar-refractivity contribution is -0.137. The number of carbonyl (C=O) groups excluding carboxylic acids is 2. The van der Waals surface area contributed by atoms with E-state index in [9.17, 15) is 9.59 Å². The topological polar surface area (TPSA) is 92.1 Å². The number of aryl methyl sites for hydroxylation is 1. The third-order valence-electron chi connectivity index (χ3n) is 7.19. The standard InChI is InChI=1S/C35H39N3O6/c1-6-42-32(39)23-31(24-10-13-28(41-5)14-11-24)37-20-17-26-22-29(15-16-30(26)37)43-21-18-27-12-9-25-8-7-19-38(33(25)36-27)34(40)44-35(2,3)4/h9-17,20,22-23H,6-8,18-19,21H2,1-5H3. The molecule has 230 valence electrons. The van der Waals surface area contributed by atoms with Gasteiger partial charge in [0, 0.05) is 36.3 Å². The number of benzene rings is 2. The van der Waals surface area contributed by atoms with E-state index in [1.807, 2.05) is 92.2 Å². The number of fused-ring (bicyclic) bond motifs is 2. The quantitative estimate of drug-likeness (QED) is 0.155. The minimum absolute atomic E-state index is 0.293. The molecular weight excluding hydrogens is 558 g/mol. The first kappa shape index (κ1) is 30.7. The molecule has 0 fully saturated rings. The van der Waals surface area contributed by atoms with E-state index in [-0.39, 0.29) is 6.09 Å². The van der Waals surface area contributed by atoms with E-state index in [1.54, 1.807) is 18.9 Å². The van der Waals surface area contributed by atoms with Crippen LogP contribution in [0.1, 0.15) is 50.9 Å². The lowest BCUT2D eigenvalue weighted by Crippen LogP contribution is -2.40. The van der Waals surface area contributed by atoms with Crippen molar-refractivity contribution >= 4 is 34.5 Å². The molecule has 0 aliphatic carbocycles. The lowest BCUT2D eigenvalue weighted by atomic mass is 10.1. The Labute approximate surface area is 258 Å². The van der Waals surface area contributed by atoms with Gasteiger partial charge in [-0.25, -0.2) is 14.6 Å². The molecular formula is C35H39N3O6. The van der Waals surface area contributed by atoms with Crippen LogP contribution in [0.3, 0.4) is 0 Å². The van der Waals surface area contributed by atoms with Crippen molar-refractivity contribution in [2.45, 2.75) is 52.6 Å². The minimum atomic E-state index is -0.573. The number of pyridine rings is 1. The molecule has 4 aromatic rings. The number of aromatic nitrogens is 2. The molecule has 3 heterocycles. The van der Waals surface area contributed by atoms with Gasteiger partial charge >= 0.3 is 12.1 Å². The molecule has 0 bridgehead atoms. The first-order valence-electron chi connectivity index (χ1n) is 14.9. The SMILES string of the molecule is CCOC(=O)C=C(c1ccc(OC)cc1)n1ccc2cc(OCCc3ccc4c(n3)N(C(=O)OC(C)(C)C)CCC4)ccc21. The van der Waals surface area contributed by atoms with E-state index in [0.717, 1.165) is 52.1 Å². The third-order valence-corrected chi connectivity index (χ3v) is 7.19. The van der Waals surface area contributed by atoms with Crippen LogP contribution in [0.2, 0.25) is 0 Å². The van der Waals surface area contributed by atoms with Gasteiger partial charge in [-0.05, 0) is 106 Å². The highest BCUT2D eigenvalue weighted by Gasteiger charge is 2.28. The number of hydrogen-bond acceptors (Lipinski definition) is 7. The van der Waals surface area contributed by atoms with E-state index >= 15 is 0 Å². The number of amides is 1. The molecule has 9 heteroatoms. The van der Waals surface area contributed by atoms with E-state index in [2.05, 4.69) is 0 Å². The van der Waals surface area contributed by atoms with Gasteiger partial charge in [-0.15, -0.1) is 0 Å². The fourth-order valence-corrected chi connectivity index (χ4v) is 5.16. The van der Waals surface area contributed by atoms with Crippen LogP contribution in [-0.2, 0) is 27.1 Å². The molecule has 2 aromatic carbocycles. The Balaban J connectivity index is 1.31. The van der Waals surface area contributed by atoms with Crippen LogP contribution in [0.4, 0.5) is 10.6 Å². The first-order chi connectivity index (χ1) is 21.1. The summed E-state index contributed by atoms with van der Waals surface area (Å²) in [4.78, 5) is 31.8. The highest BCUT2D eigenvalue weighted by Crippen LogP contribution is 2.30. The summed E-state index contributed by atoms with van der Waals surface area (Å²) >= 11 is 0. The summed E-state index contributed by atoms with van der Waals surface area (Å²) in [5.41, 5.74) is 3.78. The van der Waals surface area contributed by atoms with Gasteiger partial charge in [0.15, 0.2) is 0 Å². The van der Waals surface area contributed by atoms with Gasteiger partial charge in [-0.3, -0.25) is 4.90 Å². The van der Waals surface area contributed by atoms with E-state index < -0.39 is 11.6 Å². The molecule has 0 atom stereocenters. The van der Waals surface area contributed by atoms with Gasteiger partial charge in [-0.2, -0.15) is 0 Å². The minimum Gasteiger partial charge on any atom is -0.497 e. The Bertz CT molecular complexity index is 1670. The summed E-state index contributed by atoms with van der Waals surface area (Å²) in [6.07, 6.45) is 5.40. The normalized spacial score (nSPS) is 13.4. The third kappa shape index (κ3) is 7.22. The zero-order valence-electron chi connectivity index (χ0n) is 26.0. The summed E-state index contributed by atoms with van der Waals surface area (Å²) in [5.74, 6) is 1.72. The predicted octanol–water partition coefficient (Wildman–Crippen LogP) is 6.81. The highest BCUT2D eigenvalue weighted by atomic mass is 16.6. The number of ether oxygens (including phenoxy) is 4. The van der Waals surface area contributed by atoms with Crippen molar-refractivity contribution in [3.8, 4) is 11.5 Å². The monoisotopic (exact) mass is 597 g/mol. The molecule has 1 aliphatic rings. The molecule has 0 unspecified atom stereocenters. The Morgan fingerprint density at radius 1 is 1.00 bits per heavy atom. The second-order valence-corrected chi connectivity index (χ2v) is 11.5. The fourth-order valence-electron chi connectivity index (χ4n) is 5.16. The maximum Gasteiger partial charge on any atom is 0.416 e. The van der Waals surface area contributed by atoms with Crippen LogP contribution in [0.5, 0.6) is 11.5 Å². The van der Waals surface area contributed by atoms with Gasteiger partial charge in [0.25, 0.3) is 0 Å². The largest absolute Gasteiger partial charge is 0.497 e. The van der Waals surface area contributed by atoms with Gasteiger partial charge in [0.2, 0.25) is 0 Å². The Kier molecular flexibility index (Phi) is 9.23. The Hall–Kier alpha value is -4.79. The average molecular weight is 598 g/mol. The van der Waals surface area contributed by atoms with Gasteiger partial charge in [0.05, 0.1) is 31.5 Å². The first-order valence-corrected chi connectivity index (χ1v) is 14.9. The Morgan fingerprint density at radius 3 is 2.50 bits per heavy atom. The van der Waals surface area contributed by atoms with Gasteiger partial charge in [-0.1, -0.05) is 6.07 Å². The number of carbonyl (C=O) groups is 2. The summed E-state index contributed by atoms with van der Waals surface area (Å²) in [6, 6.07) is 19.4. The molecule has 44 heavy (non-hydrogen) atoms. The Morgan fingerprint density at radius 2 is 1.77 bits per heavy atom. The van der Waals surface area contributed by atoms with Crippen molar-refractivity contribution < 1.29 is 28.5 Å². The maximum absolute atomic E-state index is 12.8. The van der Waals surface area contributed by atoms with Crippen LogP contribution in [0.25, 0.3) is 16.6 Å². The van der Waals surface area contributed by atoms with Crippen molar-refractivity contribution in [2.75, 3.05) is 31.8 Å². The van der Waals surface area contributed by atoms with E-state index in [0.29, 0.717) is 37.7 Å². The number of hydrogen-bond donors (Lipinski definition) is 0. The number of anilines is 1. The molecule has 0 radical (unpaired) electrons. The fraction of sp³-hybridized carbons (Fsp3) is 0.343. The van der Waals surface area contributed by atoms with Gasteiger partial charge < -0.3 is 23.5 Å². The second-order valence-electron chi connectivity index (χ2n) is 11.5. The zero-order valence-corrected chi connectivity index (χ0v) is 26.0. The lowest BCUT2D eigenvalue weighted by Gasteiger charge is -2.31. The summed E-state index contributed by atoms with van der Waals surface area (Å²) in [5, 5.41) is 0.964. The van der Waals surface area contributed by atoms with Crippen molar-refractivity contribution in [2.24, 2.45) is 0 Å². The molecule has 1 amide bonds. The smallest absolute Gasteiger partial charge is 0.416 e. The predicted molar refractivity (Wildman–Crippen MR) is 170 cm³/mol. The number of esters is 1. The van der Waals surface area contributed by atoms with E-state index in [1.165, 1.54) is 6.08 Å². The number of methoxy groups -OCH3 is 1. The van der Waals surface area contributed by atoms with Crippen molar-refractivity contribution in [1.82, 2.24) is 9.55 Å². The molecule has 0 saturated carbocycles. The molecule has 1 aliphatic heterocycles. The van der Waals surface area contributed by atoms with Crippen molar-refractivity contribution in [1.29, 1.82) is 0 Å². The van der Waals surface area contributed by atoms with Crippen LogP contribution < -0.4 is 14.4 Å². The van der Waals surface area contributed by atoms with Crippen LogP contribution in [0.15, 0.2) is 72.9 Å². The summed E-state index contributed by atoms with van der Waals surface area (Å²) < 4.78 is 24.2. The van der Waals surface area contributed by atoms with Crippen LogP contribution in [0, 0.1) is 0 Å². The van der Waals surface area contributed by atoms with Crippen molar-refractivity contribution in [3.63, 3.8) is 0 Å². The van der Waals surface area contributed by atoms with Gasteiger partial charge in [0.1, 0.15) is 22.9 Å². The highest BCUT2D eigenvalue weighted by molar-refractivity contribution is 5.95. The average Bonchev–Trinajstić information content (AvgIpc) is 3.42. The number of nitrogens with zero attached hydrogens (tertiary/aromatic N) is 3. The molecule has 0 spiro atoms. The molecule has 0 N–H and O–H groups in total. The van der Waals surface area contributed by atoms with E-state index in [4.69, 9.17) is 23.9 Å². The zero-order chi connectivity index (χ0) is 31.3. The molecule has 0 saturated heterocycles. The molecule has 2 aromatic heterocycles. The van der Waals surface area contributed by atoms with Crippen LogP contribution >= 0.6 is 0 Å².